The van der Waals surface area contributed by atoms with Gasteiger partial charge in [0.2, 0.25) is 5.91 Å². The number of anilines is 1. The second-order valence-electron chi connectivity index (χ2n) is 6.96. The van der Waals surface area contributed by atoms with Gasteiger partial charge in [-0.25, -0.2) is 4.79 Å². The zero-order valence-electron chi connectivity index (χ0n) is 14.9. The van der Waals surface area contributed by atoms with Gasteiger partial charge < -0.3 is 15.2 Å². The average Bonchev–Trinajstić information content (AvgIpc) is 3.07. The van der Waals surface area contributed by atoms with E-state index in [2.05, 4.69) is 15.8 Å². The van der Waals surface area contributed by atoms with Crippen molar-refractivity contribution < 1.29 is 18.9 Å². The highest BCUT2D eigenvalue weighted by Crippen LogP contribution is 2.38. The molecule has 1 spiro atoms. The van der Waals surface area contributed by atoms with Gasteiger partial charge in [0.15, 0.2) is 5.82 Å². The van der Waals surface area contributed by atoms with E-state index >= 15 is 0 Å². The molecule has 1 fully saturated rings. The third-order valence-corrected chi connectivity index (χ3v) is 5.10. The largest absolute Gasteiger partial charge is 0.360 e. The summed E-state index contributed by atoms with van der Waals surface area (Å²) in [5.74, 6) is -0.0903. The Kier molecular flexibility index (Phi) is 4.18. The van der Waals surface area contributed by atoms with Gasteiger partial charge in [-0.2, -0.15) is 0 Å². The number of nitrogens with zero attached hydrogens (tertiary/aromatic N) is 2. The number of benzene rings is 1. The molecule has 1 aliphatic carbocycles. The molecule has 8 heteroatoms. The molecule has 0 unspecified atom stereocenters. The zero-order valence-corrected chi connectivity index (χ0v) is 14.9. The number of hydrogen-bond acceptors (Lipinski definition) is 5. The molecule has 2 N–H and O–H groups in total. The van der Waals surface area contributed by atoms with E-state index in [9.17, 15) is 14.4 Å². The van der Waals surface area contributed by atoms with Crippen LogP contribution in [0.5, 0.6) is 0 Å². The second kappa shape index (κ2) is 6.53. The minimum atomic E-state index is -1.09. The first-order valence-corrected chi connectivity index (χ1v) is 8.95. The molecule has 2 aliphatic rings. The van der Waals surface area contributed by atoms with Gasteiger partial charge in [-0.3, -0.25) is 14.5 Å². The molecule has 0 radical (unpaired) electrons. The number of amides is 4. The SMILES string of the molecule is Cc1cc(NC(=O)CN2C(=O)N[C@]3(CCCCc4ccccc43)C2=O)no1. The van der Waals surface area contributed by atoms with Crippen LogP contribution in [-0.2, 0) is 21.5 Å². The van der Waals surface area contributed by atoms with Crippen LogP contribution in [0.2, 0.25) is 0 Å². The summed E-state index contributed by atoms with van der Waals surface area (Å²) in [5, 5.41) is 9.08. The molecule has 4 amide bonds. The number of carbonyl (C=O) groups is 3. The fraction of sp³-hybridized carbons (Fsp3) is 0.368. The van der Waals surface area contributed by atoms with Crippen LogP contribution in [0.3, 0.4) is 0 Å². The summed E-state index contributed by atoms with van der Waals surface area (Å²) in [5.41, 5.74) is 0.804. The Labute approximate surface area is 155 Å². The number of rotatable bonds is 3. The van der Waals surface area contributed by atoms with Crippen LogP contribution in [0.15, 0.2) is 34.9 Å². The summed E-state index contributed by atoms with van der Waals surface area (Å²) in [6, 6.07) is 8.69. The third-order valence-electron chi connectivity index (χ3n) is 5.10. The van der Waals surface area contributed by atoms with Crippen molar-refractivity contribution in [3.63, 3.8) is 0 Å². The summed E-state index contributed by atoms with van der Waals surface area (Å²) in [7, 11) is 0. The lowest BCUT2D eigenvalue weighted by molar-refractivity contribution is -0.134. The minimum absolute atomic E-state index is 0.249. The molecule has 8 nitrogen and oxygen atoms in total. The molecule has 1 aromatic heterocycles. The number of aryl methyl sites for hydroxylation is 2. The number of urea groups is 1. The first-order valence-electron chi connectivity index (χ1n) is 8.95. The molecule has 27 heavy (non-hydrogen) atoms. The molecule has 0 saturated carbocycles. The van der Waals surface area contributed by atoms with Crippen molar-refractivity contribution in [1.82, 2.24) is 15.4 Å². The van der Waals surface area contributed by atoms with Gasteiger partial charge in [-0.1, -0.05) is 29.4 Å². The number of carbonyl (C=O) groups excluding carboxylic acids is 3. The topological polar surface area (TPSA) is 105 Å². The quantitative estimate of drug-likeness (QED) is 0.807. The van der Waals surface area contributed by atoms with Crippen molar-refractivity contribution in [2.45, 2.75) is 38.1 Å². The predicted molar refractivity (Wildman–Crippen MR) is 95.8 cm³/mol. The molecule has 140 valence electrons. The fourth-order valence-corrected chi connectivity index (χ4v) is 3.87. The number of fused-ring (bicyclic) bond motifs is 2. The molecular weight excluding hydrogens is 348 g/mol. The minimum Gasteiger partial charge on any atom is -0.360 e. The monoisotopic (exact) mass is 368 g/mol. The van der Waals surface area contributed by atoms with Crippen molar-refractivity contribution in [2.75, 3.05) is 11.9 Å². The summed E-state index contributed by atoms with van der Waals surface area (Å²) in [4.78, 5) is 39.0. The number of hydrogen-bond donors (Lipinski definition) is 2. The van der Waals surface area contributed by atoms with Crippen molar-refractivity contribution in [3.8, 4) is 0 Å². The normalized spacial score (nSPS) is 21.7. The highest BCUT2D eigenvalue weighted by molar-refractivity contribution is 6.10. The van der Waals surface area contributed by atoms with Crippen molar-refractivity contribution >= 4 is 23.7 Å². The molecule has 0 bridgehead atoms. The molecule has 1 aromatic carbocycles. The lowest BCUT2D eigenvalue weighted by Crippen LogP contribution is -2.44. The van der Waals surface area contributed by atoms with Gasteiger partial charge >= 0.3 is 6.03 Å². The first kappa shape index (κ1) is 17.3. The first-order chi connectivity index (χ1) is 13.0. The van der Waals surface area contributed by atoms with Gasteiger partial charge in [-0.15, -0.1) is 0 Å². The maximum absolute atomic E-state index is 13.2. The van der Waals surface area contributed by atoms with Crippen LogP contribution < -0.4 is 10.6 Å². The van der Waals surface area contributed by atoms with E-state index in [0.29, 0.717) is 12.2 Å². The Morgan fingerprint density at radius 3 is 2.93 bits per heavy atom. The fourth-order valence-electron chi connectivity index (χ4n) is 3.87. The molecule has 1 saturated heterocycles. The van der Waals surface area contributed by atoms with E-state index in [0.717, 1.165) is 35.3 Å². The van der Waals surface area contributed by atoms with Gasteiger partial charge in [0.05, 0.1) is 0 Å². The number of imide groups is 1. The summed E-state index contributed by atoms with van der Waals surface area (Å²) < 4.78 is 4.90. The van der Waals surface area contributed by atoms with Crippen LogP contribution in [-0.4, -0.2) is 34.4 Å². The summed E-state index contributed by atoms with van der Waals surface area (Å²) in [6.07, 6.45) is 3.16. The predicted octanol–water partition coefficient (Wildman–Crippen LogP) is 2.10. The maximum Gasteiger partial charge on any atom is 0.325 e. The Bertz CT molecular complexity index is 922. The van der Waals surface area contributed by atoms with E-state index in [1.165, 1.54) is 0 Å². The lowest BCUT2D eigenvalue weighted by Gasteiger charge is -2.27. The van der Waals surface area contributed by atoms with Crippen molar-refractivity contribution in [2.24, 2.45) is 0 Å². The van der Waals surface area contributed by atoms with E-state index in [4.69, 9.17) is 4.52 Å². The van der Waals surface area contributed by atoms with E-state index in [-0.39, 0.29) is 18.3 Å². The Balaban J connectivity index is 1.58. The summed E-state index contributed by atoms with van der Waals surface area (Å²) in [6.45, 7) is 1.33. The Hall–Kier alpha value is -3.16. The van der Waals surface area contributed by atoms with Crippen LogP contribution in [0.25, 0.3) is 0 Å². The van der Waals surface area contributed by atoms with E-state index in [1.807, 2.05) is 24.3 Å². The second-order valence-corrected chi connectivity index (χ2v) is 6.96. The Morgan fingerprint density at radius 1 is 1.33 bits per heavy atom. The molecule has 2 heterocycles. The van der Waals surface area contributed by atoms with Crippen LogP contribution in [0.1, 0.15) is 36.1 Å². The molecule has 1 aliphatic heterocycles. The molecule has 4 rings (SSSR count). The van der Waals surface area contributed by atoms with Crippen LogP contribution in [0, 0.1) is 6.92 Å². The standard InChI is InChI=1S/C19H20N4O4/c1-12-10-15(22-27-12)20-16(24)11-23-17(25)19(21-18(23)26)9-5-4-7-13-6-2-3-8-14(13)19/h2-3,6,8,10H,4-5,7,9,11H2,1H3,(H,21,26)(H,20,22,24)/t19-/m0/s1. The molecule has 2 aromatic rings. The maximum atomic E-state index is 13.2. The van der Waals surface area contributed by atoms with Gasteiger partial charge in [0.1, 0.15) is 17.8 Å². The van der Waals surface area contributed by atoms with Crippen molar-refractivity contribution in [3.05, 3.63) is 47.2 Å². The Morgan fingerprint density at radius 2 is 2.15 bits per heavy atom. The number of nitrogens with one attached hydrogen (secondary N) is 2. The van der Waals surface area contributed by atoms with Gasteiger partial charge in [0, 0.05) is 6.07 Å². The number of aromatic nitrogens is 1. The summed E-state index contributed by atoms with van der Waals surface area (Å²) >= 11 is 0. The van der Waals surface area contributed by atoms with Crippen LogP contribution >= 0.6 is 0 Å². The smallest absolute Gasteiger partial charge is 0.325 e. The highest BCUT2D eigenvalue weighted by Gasteiger charge is 2.53. The third kappa shape index (κ3) is 2.97. The van der Waals surface area contributed by atoms with Crippen molar-refractivity contribution in [1.29, 1.82) is 0 Å². The molecular formula is C19H20N4O4. The van der Waals surface area contributed by atoms with E-state index in [1.54, 1.807) is 13.0 Å². The zero-order chi connectivity index (χ0) is 19.0. The van der Waals surface area contributed by atoms with E-state index < -0.39 is 17.5 Å². The molecule has 1 atom stereocenters. The average molecular weight is 368 g/mol. The van der Waals surface area contributed by atoms with Gasteiger partial charge in [0.25, 0.3) is 5.91 Å². The highest BCUT2D eigenvalue weighted by atomic mass is 16.5. The lowest BCUT2D eigenvalue weighted by atomic mass is 9.84. The van der Waals surface area contributed by atoms with Gasteiger partial charge in [-0.05, 0) is 43.7 Å². The van der Waals surface area contributed by atoms with Crippen LogP contribution in [0.4, 0.5) is 10.6 Å².